The predicted octanol–water partition coefficient (Wildman–Crippen LogP) is 2.71. The van der Waals surface area contributed by atoms with E-state index in [0.717, 1.165) is 12.1 Å². The summed E-state index contributed by atoms with van der Waals surface area (Å²) in [6.45, 7) is 8.71. The van der Waals surface area contributed by atoms with Gasteiger partial charge >= 0.3 is 0 Å². The fraction of sp³-hybridized carbons (Fsp3) is 1.00. The zero-order valence-electron chi connectivity index (χ0n) is 13.7. The van der Waals surface area contributed by atoms with Gasteiger partial charge in [0.05, 0.1) is 0 Å². The number of nitrogens with one attached hydrogen (secondary N) is 1. The second-order valence-corrected chi connectivity index (χ2v) is 6.90. The van der Waals surface area contributed by atoms with Gasteiger partial charge in [-0.3, -0.25) is 0 Å². The molecule has 0 radical (unpaired) electrons. The summed E-state index contributed by atoms with van der Waals surface area (Å²) in [5.41, 5.74) is 0. The number of nitrogens with zero attached hydrogens (tertiary/aromatic N) is 2. The molecule has 0 aromatic heterocycles. The van der Waals surface area contributed by atoms with Gasteiger partial charge in [-0.2, -0.15) is 0 Å². The Morgan fingerprint density at radius 1 is 1.00 bits per heavy atom. The molecule has 0 saturated carbocycles. The summed E-state index contributed by atoms with van der Waals surface area (Å²) >= 11 is 0. The lowest BCUT2D eigenvalue weighted by Crippen LogP contribution is -2.40. The first kappa shape index (κ1) is 16.3. The Bertz CT molecular complexity index is 231. The van der Waals surface area contributed by atoms with E-state index < -0.39 is 0 Å². The molecular weight excluding hydrogens is 246 g/mol. The summed E-state index contributed by atoms with van der Waals surface area (Å²) in [6, 6.07) is 1.65. The molecule has 2 unspecified atom stereocenters. The third-order valence-corrected chi connectivity index (χ3v) is 5.32. The fourth-order valence-corrected chi connectivity index (χ4v) is 3.80. The van der Waals surface area contributed by atoms with Crippen LogP contribution in [0, 0.1) is 0 Å². The van der Waals surface area contributed by atoms with E-state index in [-0.39, 0.29) is 0 Å². The average molecular weight is 281 g/mol. The van der Waals surface area contributed by atoms with E-state index in [1.54, 1.807) is 0 Å². The first-order valence-corrected chi connectivity index (χ1v) is 8.92. The highest BCUT2D eigenvalue weighted by molar-refractivity contribution is 4.75. The van der Waals surface area contributed by atoms with Crippen LogP contribution in [-0.4, -0.2) is 61.7 Å². The Morgan fingerprint density at radius 2 is 1.80 bits per heavy atom. The molecule has 20 heavy (non-hydrogen) atoms. The van der Waals surface area contributed by atoms with Crippen LogP contribution >= 0.6 is 0 Å². The molecular formula is C17H35N3. The molecule has 2 heterocycles. The topological polar surface area (TPSA) is 18.5 Å². The van der Waals surface area contributed by atoms with E-state index >= 15 is 0 Å². The van der Waals surface area contributed by atoms with E-state index in [0.29, 0.717) is 0 Å². The fourth-order valence-electron chi connectivity index (χ4n) is 3.80. The van der Waals surface area contributed by atoms with Crippen molar-refractivity contribution in [2.24, 2.45) is 0 Å². The zero-order valence-corrected chi connectivity index (χ0v) is 13.7. The molecule has 3 heteroatoms. The van der Waals surface area contributed by atoms with Gasteiger partial charge in [0.15, 0.2) is 0 Å². The zero-order chi connectivity index (χ0) is 14.2. The van der Waals surface area contributed by atoms with E-state index in [4.69, 9.17) is 0 Å². The minimum atomic E-state index is 0.819. The largest absolute Gasteiger partial charge is 0.317 e. The molecule has 2 atom stereocenters. The van der Waals surface area contributed by atoms with Crippen molar-refractivity contribution in [3.63, 3.8) is 0 Å². The third-order valence-electron chi connectivity index (χ3n) is 5.32. The van der Waals surface area contributed by atoms with E-state index in [2.05, 4.69) is 29.1 Å². The van der Waals surface area contributed by atoms with Crippen molar-refractivity contribution >= 4 is 0 Å². The lowest BCUT2D eigenvalue weighted by atomic mass is 10.0. The van der Waals surface area contributed by atoms with Crippen molar-refractivity contribution in [1.29, 1.82) is 0 Å². The van der Waals surface area contributed by atoms with Crippen molar-refractivity contribution in [3.8, 4) is 0 Å². The van der Waals surface area contributed by atoms with Crippen molar-refractivity contribution in [1.82, 2.24) is 15.1 Å². The summed E-state index contributed by atoms with van der Waals surface area (Å²) in [5, 5.41) is 3.65. The Kier molecular flexibility index (Phi) is 7.32. The lowest BCUT2D eigenvalue weighted by molar-refractivity contribution is 0.157. The van der Waals surface area contributed by atoms with E-state index in [1.807, 2.05) is 0 Å². The van der Waals surface area contributed by atoms with Gasteiger partial charge in [0.1, 0.15) is 0 Å². The number of rotatable bonds is 7. The second-order valence-electron chi connectivity index (χ2n) is 6.90. The average Bonchev–Trinajstić information content (AvgIpc) is 2.46. The summed E-state index contributed by atoms with van der Waals surface area (Å²) in [4.78, 5) is 5.24. The molecule has 2 aliphatic heterocycles. The van der Waals surface area contributed by atoms with Gasteiger partial charge in [-0.05, 0) is 85.2 Å². The first-order chi connectivity index (χ1) is 9.77. The van der Waals surface area contributed by atoms with Gasteiger partial charge in [-0.1, -0.05) is 12.8 Å². The molecule has 0 aromatic rings. The standard InChI is InChI=1S/C17H35N3/c1-16-8-3-6-14-20(16)15-7-11-18-12-10-17-9-4-5-13-19(17)2/h16-18H,3-15H2,1-2H3. The molecule has 0 amide bonds. The number of hydrogen-bond donors (Lipinski definition) is 1. The highest BCUT2D eigenvalue weighted by Gasteiger charge is 2.18. The van der Waals surface area contributed by atoms with Gasteiger partial charge in [0.2, 0.25) is 0 Å². The van der Waals surface area contributed by atoms with Crippen LogP contribution in [-0.2, 0) is 0 Å². The van der Waals surface area contributed by atoms with Crippen LogP contribution in [0.2, 0.25) is 0 Å². The van der Waals surface area contributed by atoms with Crippen molar-refractivity contribution < 1.29 is 0 Å². The Labute approximate surface area is 126 Å². The minimum Gasteiger partial charge on any atom is -0.317 e. The van der Waals surface area contributed by atoms with Gasteiger partial charge in [-0.15, -0.1) is 0 Å². The molecule has 0 aliphatic carbocycles. The van der Waals surface area contributed by atoms with Crippen molar-refractivity contribution in [3.05, 3.63) is 0 Å². The molecule has 2 fully saturated rings. The highest BCUT2D eigenvalue weighted by Crippen LogP contribution is 2.17. The SMILES string of the molecule is CC1CCCCN1CCCNCCC1CCCCN1C. The maximum absolute atomic E-state index is 3.65. The van der Waals surface area contributed by atoms with Crippen molar-refractivity contribution in [2.45, 2.75) is 70.4 Å². The molecule has 3 nitrogen and oxygen atoms in total. The van der Waals surface area contributed by atoms with E-state index in [1.165, 1.54) is 84.1 Å². The second kappa shape index (κ2) is 9.01. The van der Waals surface area contributed by atoms with Crippen LogP contribution in [0.1, 0.15) is 58.3 Å². The number of likely N-dealkylation sites (tertiary alicyclic amines) is 2. The summed E-state index contributed by atoms with van der Waals surface area (Å²) < 4.78 is 0. The van der Waals surface area contributed by atoms with Crippen LogP contribution in [0.4, 0.5) is 0 Å². The summed E-state index contributed by atoms with van der Waals surface area (Å²) in [7, 11) is 2.29. The highest BCUT2D eigenvalue weighted by atomic mass is 15.2. The molecule has 1 N–H and O–H groups in total. The molecule has 0 aromatic carbocycles. The Hall–Kier alpha value is -0.120. The normalized spacial score (nSPS) is 29.7. The molecule has 0 bridgehead atoms. The predicted molar refractivity (Wildman–Crippen MR) is 87.3 cm³/mol. The van der Waals surface area contributed by atoms with Crippen LogP contribution in [0.3, 0.4) is 0 Å². The van der Waals surface area contributed by atoms with Gasteiger partial charge in [0, 0.05) is 12.1 Å². The van der Waals surface area contributed by atoms with Crippen LogP contribution in [0.5, 0.6) is 0 Å². The van der Waals surface area contributed by atoms with E-state index in [9.17, 15) is 0 Å². The smallest absolute Gasteiger partial charge is 0.0104 e. The van der Waals surface area contributed by atoms with Crippen LogP contribution in [0.15, 0.2) is 0 Å². The molecule has 2 saturated heterocycles. The number of piperidine rings is 2. The third kappa shape index (κ3) is 5.34. The quantitative estimate of drug-likeness (QED) is 0.724. The Balaban J connectivity index is 1.47. The minimum absolute atomic E-state index is 0.819. The molecule has 2 rings (SSSR count). The lowest BCUT2D eigenvalue weighted by Gasteiger charge is -2.33. The molecule has 0 spiro atoms. The van der Waals surface area contributed by atoms with Gasteiger partial charge in [0.25, 0.3) is 0 Å². The number of hydrogen-bond acceptors (Lipinski definition) is 3. The van der Waals surface area contributed by atoms with Gasteiger partial charge < -0.3 is 15.1 Å². The summed E-state index contributed by atoms with van der Waals surface area (Å²) in [6.07, 6.45) is 11.1. The first-order valence-electron chi connectivity index (χ1n) is 8.92. The van der Waals surface area contributed by atoms with Crippen LogP contribution in [0.25, 0.3) is 0 Å². The van der Waals surface area contributed by atoms with Crippen molar-refractivity contribution in [2.75, 3.05) is 39.8 Å². The maximum Gasteiger partial charge on any atom is 0.0104 e. The molecule has 2 aliphatic rings. The summed E-state index contributed by atoms with van der Waals surface area (Å²) in [5.74, 6) is 0. The Morgan fingerprint density at radius 3 is 2.60 bits per heavy atom. The van der Waals surface area contributed by atoms with Crippen LogP contribution < -0.4 is 5.32 Å². The maximum atomic E-state index is 3.65. The molecule has 118 valence electrons. The van der Waals surface area contributed by atoms with Gasteiger partial charge in [-0.25, -0.2) is 0 Å². The monoisotopic (exact) mass is 281 g/mol.